The van der Waals surface area contributed by atoms with Crippen LogP contribution < -0.4 is 10.2 Å². The molecular weight excluding hydrogens is 228 g/mol. The highest BCUT2D eigenvalue weighted by molar-refractivity contribution is 5.45. The van der Waals surface area contributed by atoms with Crippen LogP contribution in [0.4, 0.5) is 11.8 Å². The Hall–Kier alpha value is -1.36. The van der Waals surface area contributed by atoms with Crippen LogP contribution in [0.15, 0.2) is 6.07 Å². The Morgan fingerprint density at radius 3 is 2.72 bits per heavy atom. The molecule has 0 aliphatic carbocycles. The van der Waals surface area contributed by atoms with Crippen LogP contribution in [0, 0.1) is 6.92 Å². The van der Waals surface area contributed by atoms with Gasteiger partial charge < -0.3 is 15.0 Å². The van der Waals surface area contributed by atoms with E-state index in [1.54, 1.807) is 0 Å². The minimum Gasteiger partial charge on any atom is -0.371 e. The molecule has 5 heteroatoms. The lowest BCUT2D eigenvalue weighted by Crippen LogP contribution is -2.43. The number of aromatic nitrogens is 2. The molecule has 0 amide bonds. The van der Waals surface area contributed by atoms with Crippen molar-refractivity contribution in [1.82, 2.24) is 9.97 Å². The average Bonchev–Trinajstić information content (AvgIpc) is 2.68. The van der Waals surface area contributed by atoms with Gasteiger partial charge in [-0.2, -0.15) is 4.98 Å². The van der Waals surface area contributed by atoms with Crippen LogP contribution in [-0.2, 0) is 4.74 Å². The molecule has 1 aromatic rings. The Balaban J connectivity index is 1.82. The van der Waals surface area contributed by atoms with Crippen molar-refractivity contribution in [3.63, 3.8) is 0 Å². The number of ether oxygens (including phenoxy) is 1. The number of hydrogen-bond acceptors (Lipinski definition) is 5. The second-order valence-corrected chi connectivity index (χ2v) is 5.08. The van der Waals surface area contributed by atoms with Crippen LogP contribution in [0.5, 0.6) is 0 Å². The number of fused-ring (bicyclic) bond motifs is 2. The Bertz CT molecular complexity index is 425. The number of aryl methyl sites for hydroxylation is 1. The summed E-state index contributed by atoms with van der Waals surface area (Å²) in [6.45, 7) is 6.83. The summed E-state index contributed by atoms with van der Waals surface area (Å²) in [5.74, 6) is 1.75. The second-order valence-electron chi connectivity index (χ2n) is 5.08. The number of nitrogens with zero attached hydrogens (tertiary/aromatic N) is 3. The summed E-state index contributed by atoms with van der Waals surface area (Å²) in [7, 11) is 0. The molecule has 18 heavy (non-hydrogen) atoms. The lowest BCUT2D eigenvalue weighted by molar-refractivity contribution is 0.0302. The molecular formula is C13H20N4O. The minimum absolute atomic E-state index is 0.390. The Labute approximate surface area is 108 Å². The van der Waals surface area contributed by atoms with E-state index in [9.17, 15) is 0 Å². The van der Waals surface area contributed by atoms with Crippen molar-refractivity contribution >= 4 is 11.8 Å². The molecule has 3 heterocycles. The molecule has 0 aromatic carbocycles. The fraction of sp³-hybridized carbons (Fsp3) is 0.692. The lowest BCUT2D eigenvalue weighted by atomic mass is 10.2. The topological polar surface area (TPSA) is 50.3 Å². The molecule has 5 nitrogen and oxygen atoms in total. The Morgan fingerprint density at radius 2 is 2.06 bits per heavy atom. The zero-order valence-electron chi connectivity index (χ0n) is 11.0. The minimum atomic E-state index is 0.390. The molecule has 2 aliphatic rings. The fourth-order valence-corrected chi connectivity index (χ4v) is 2.75. The van der Waals surface area contributed by atoms with Crippen LogP contribution in [0.1, 0.15) is 25.5 Å². The van der Waals surface area contributed by atoms with Gasteiger partial charge in [-0.3, -0.25) is 0 Å². The number of morpholine rings is 1. The van der Waals surface area contributed by atoms with E-state index in [0.717, 1.165) is 37.1 Å². The summed E-state index contributed by atoms with van der Waals surface area (Å²) in [6, 6.07) is 2.06. The SMILES string of the molecule is CCNc1nc(C)cc(N2CC3CCC(C2)O3)n1. The molecule has 2 aliphatic heterocycles. The zero-order chi connectivity index (χ0) is 12.5. The molecule has 2 bridgehead atoms. The van der Waals surface area contributed by atoms with E-state index in [4.69, 9.17) is 4.74 Å². The van der Waals surface area contributed by atoms with Crippen molar-refractivity contribution in [2.45, 2.75) is 38.9 Å². The van der Waals surface area contributed by atoms with Gasteiger partial charge in [-0.25, -0.2) is 4.98 Å². The molecule has 1 aromatic heterocycles. The summed E-state index contributed by atoms with van der Waals surface area (Å²) < 4.78 is 5.86. The quantitative estimate of drug-likeness (QED) is 0.880. The first-order chi connectivity index (χ1) is 8.74. The van der Waals surface area contributed by atoms with E-state index in [1.807, 2.05) is 6.92 Å². The predicted octanol–water partition coefficient (Wildman–Crippen LogP) is 1.58. The van der Waals surface area contributed by atoms with Gasteiger partial charge in [-0.15, -0.1) is 0 Å². The second kappa shape index (κ2) is 4.72. The van der Waals surface area contributed by atoms with Crippen molar-refractivity contribution in [2.24, 2.45) is 0 Å². The average molecular weight is 248 g/mol. The van der Waals surface area contributed by atoms with Gasteiger partial charge in [0.1, 0.15) is 5.82 Å². The van der Waals surface area contributed by atoms with Gasteiger partial charge in [-0.1, -0.05) is 0 Å². The highest BCUT2D eigenvalue weighted by Crippen LogP contribution is 2.29. The van der Waals surface area contributed by atoms with Crippen LogP contribution >= 0.6 is 0 Å². The van der Waals surface area contributed by atoms with Crippen molar-refractivity contribution in [3.8, 4) is 0 Å². The predicted molar refractivity (Wildman–Crippen MR) is 71.0 cm³/mol. The highest BCUT2D eigenvalue weighted by Gasteiger charge is 2.34. The fourth-order valence-electron chi connectivity index (χ4n) is 2.75. The van der Waals surface area contributed by atoms with E-state index in [0.29, 0.717) is 12.2 Å². The van der Waals surface area contributed by atoms with Crippen molar-refractivity contribution in [1.29, 1.82) is 0 Å². The third-order valence-corrected chi connectivity index (χ3v) is 3.54. The van der Waals surface area contributed by atoms with Crippen LogP contribution in [0.25, 0.3) is 0 Å². The van der Waals surface area contributed by atoms with Crippen LogP contribution in [0.2, 0.25) is 0 Å². The zero-order valence-corrected chi connectivity index (χ0v) is 11.0. The van der Waals surface area contributed by atoms with Gasteiger partial charge >= 0.3 is 0 Å². The molecule has 0 saturated carbocycles. The van der Waals surface area contributed by atoms with Crippen molar-refractivity contribution in [2.75, 3.05) is 29.9 Å². The maximum Gasteiger partial charge on any atom is 0.224 e. The van der Waals surface area contributed by atoms with Gasteiger partial charge in [-0.05, 0) is 26.7 Å². The van der Waals surface area contributed by atoms with Gasteiger partial charge in [0, 0.05) is 31.4 Å². The molecule has 2 atom stereocenters. The summed E-state index contributed by atoms with van der Waals surface area (Å²) in [5.41, 5.74) is 1.01. The molecule has 2 unspecified atom stereocenters. The normalized spacial score (nSPS) is 26.4. The van der Waals surface area contributed by atoms with Gasteiger partial charge in [0.05, 0.1) is 12.2 Å². The third-order valence-electron chi connectivity index (χ3n) is 3.54. The Morgan fingerprint density at radius 1 is 1.33 bits per heavy atom. The van der Waals surface area contributed by atoms with Gasteiger partial charge in [0.25, 0.3) is 0 Å². The standard InChI is InChI=1S/C13H20N4O/c1-3-14-13-15-9(2)6-12(16-13)17-7-10-4-5-11(8-17)18-10/h6,10-11H,3-5,7-8H2,1-2H3,(H,14,15,16). The molecule has 2 fully saturated rings. The van der Waals surface area contributed by atoms with Gasteiger partial charge in [0.15, 0.2) is 0 Å². The lowest BCUT2D eigenvalue weighted by Gasteiger charge is -2.33. The van der Waals surface area contributed by atoms with E-state index < -0.39 is 0 Å². The first kappa shape index (κ1) is 11.7. The first-order valence-corrected chi connectivity index (χ1v) is 6.74. The maximum atomic E-state index is 5.86. The molecule has 98 valence electrons. The summed E-state index contributed by atoms with van der Waals surface area (Å²) in [4.78, 5) is 11.3. The first-order valence-electron chi connectivity index (χ1n) is 6.74. The number of hydrogen-bond donors (Lipinski definition) is 1. The van der Waals surface area contributed by atoms with E-state index in [2.05, 4.69) is 33.2 Å². The van der Waals surface area contributed by atoms with Crippen LogP contribution in [0.3, 0.4) is 0 Å². The molecule has 0 spiro atoms. The summed E-state index contributed by atoms with van der Waals surface area (Å²) in [5, 5.41) is 3.19. The monoisotopic (exact) mass is 248 g/mol. The molecule has 3 rings (SSSR count). The van der Waals surface area contributed by atoms with Crippen LogP contribution in [-0.4, -0.2) is 41.8 Å². The number of rotatable bonds is 3. The summed E-state index contributed by atoms with van der Waals surface area (Å²) >= 11 is 0. The largest absolute Gasteiger partial charge is 0.371 e. The Kier molecular flexibility index (Phi) is 3.07. The third kappa shape index (κ3) is 2.27. The van der Waals surface area contributed by atoms with Crippen molar-refractivity contribution in [3.05, 3.63) is 11.8 Å². The smallest absolute Gasteiger partial charge is 0.224 e. The van der Waals surface area contributed by atoms with E-state index >= 15 is 0 Å². The van der Waals surface area contributed by atoms with E-state index in [-0.39, 0.29) is 0 Å². The number of anilines is 2. The highest BCUT2D eigenvalue weighted by atomic mass is 16.5. The molecule has 2 saturated heterocycles. The summed E-state index contributed by atoms with van der Waals surface area (Å²) in [6.07, 6.45) is 3.15. The van der Waals surface area contributed by atoms with E-state index in [1.165, 1.54) is 12.8 Å². The molecule has 1 N–H and O–H groups in total. The maximum absolute atomic E-state index is 5.86. The molecule has 0 radical (unpaired) electrons. The van der Waals surface area contributed by atoms with Crippen molar-refractivity contribution < 1.29 is 4.74 Å². The van der Waals surface area contributed by atoms with Gasteiger partial charge in [0.2, 0.25) is 5.95 Å². The number of nitrogens with one attached hydrogen (secondary N) is 1.